The third kappa shape index (κ3) is 9.64. The molecule has 1 fully saturated rings. The van der Waals surface area contributed by atoms with E-state index in [1.165, 1.54) is 24.1 Å². The second-order valence-corrected chi connectivity index (χ2v) is 11.0. The van der Waals surface area contributed by atoms with Crippen molar-refractivity contribution in [1.29, 1.82) is 0 Å². The lowest BCUT2D eigenvalue weighted by atomic mass is 10.0. The maximum atomic E-state index is 13.2. The number of hydrogen-bond acceptors (Lipinski definition) is 9. The van der Waals surface area contributed by atoms with Gasteiger partial charge in [0, 0.05) is 36.2 Å². The van der Waals surface area contributed by atoms with Gasteiger partial charge in [-0.15, -0.1) is 0 Å². The van der Waals surface area contributed by atoms with Crippen molar-refractivity contribution in [1.82, 2.24) is 20.9 Å². The minimum absolute atomic E-state index is 0.0251. The van der Waals surface area contributed by atoms with E-state index in [1.54, 1.807) is 19.1 Å². The number of carbonyl (C=O) groups is 6. The minimum atomic E-state index is -0.955. The summed E-state index contributed by atoms with van der Waals surface area (Å²) in [7, 11) is 1.21. The van der Waals surface area contributed by atoms with E-state index in [-0.39, 0.29) is 31.8 Å². The second kappa shape index (κ2) is 15.6. The molecule has 0 aliphatic carbocycles. The Morgan fingerprint density at radius 2 is 1.77 bits per heavy atom. The quantitative estimate of drug-likeness (QED) is 0.186. The molecule has 14 nitrogen and oxygen atoms in total. The van der Waals surface area contributed by atoms with Gasteiger partial charge in [0.05, 0.1) is 26.6 Å². The van der Waals surface area contributed by atoms with Crippen LogP contribution in [0.2, 0.25) is 0 Å². The van der Waals surface area contributed by atoms with Gasteiger partial charge < -0.3 is 35.3 Å². The number of amides is 5. The van der Waals surface area contributed by atoms with Gasteiger partial charge in [-0.25, -0.2) is 4.79 Å². The number of methoxy groups -OCH3 is 1. The molecule has 1 saturated heterocycles. The van der Waals surface area contributed by atoms with Crippen molar-refractivity contribution >= 4 is 52.2 Å². The maximum absolute atomic E-state index is 13.2. The van der Waals surface area contributed by atoms with Gasteiger partial charge in [-0.05, 0) is 49.8 Å². The summed E-state index contributed by atoms with van der Waals surface area (Å²) in [5.41, 5.74) is 0.928. The lowest BCUT2D eigenvalue weighted by Crippen LogP contribution is -2.55. The third-order valence-electron chi connectivity index (χ3n) is 7.09. The Morgan fingerprint density at radius 3 is 2.48 bits per heavy atom. The summed E-state index contributed by atoms with van der Waals surface area (Å²) in [6, 6.07) is 4.49. The number of aryl methyl sites for hydroxylation is 1. The van der Waals surface area contributed by atoms with E-state index in [0.717, 1.165) is 10.9 Å². The molecule has 0 bridgehead atoms. The number of fused-ring (bicyclic) bond motifs is 1. The fourth-order valence-electron chi connectivity index (χ4n) is 4.89. The van der Waals surface area contributed by atoms with Crippen LogP contribution in [-0.4, -0.2) is 79.2 Å². The van der Waals surface area contributed by atoms with Crippen LogP contribution in [0.25, 0.3) is 11.0 Å². The highest BCUT2D eigenvalue weighted by atomic mass is 16.5. The molecule has 44 heavy (non-hydrogen) atoms. The Balaban J connectivity index is 1.54. The maximum Gasteiger partial charge on any atom is 0.336 e. The van der Waals surface area contributed by atoms with Crippen LogP contribution in [0.15, 0.2) is 33.5 Å². The molecule has 14 heteroatoms. The molecule has 0 radical (unpaired) electrons. The smallest absolute Gasteiger partial charge is 0.336 e. The number of ether oxygens (including phenoxy) is 1. The highest BCUT2D eigenvalue weighted by molar-refractivity contribution is 5.98. The van der Waals surface area contributed by atoms with Crippen LogP contribution in [0.3, 0.4) is 0 Å². The molecular weight excluding hydrogens is 574 g/mol. The summed E-state index contributed by atoms with van der Waals surface area (Å²) in [5, 5.41) is 11.1. The van der Waals surface area contributed by atoms with Crippen molar-refractivity contribution in [2.75, 3.05) is 32.1 Å². The van der Waals surface area contributed by atoms with Crippen LogP contribution in [0.5, 0.6) is 0 Å². The van der Waals surface area contributed by atoms with Crippen LogP contribution in [0.1, 0.15) is 51.5 Å². The standard InChI is InChI=1S/C30H39N5O9/c1-17(2)12-21(29(41)32-15-25(37)33-19-7-8-20-18(3)13-28(40)44-23(20)14-19)34-30(42)22-6-5-11-35(22)26(38)16-31-24(36)9-10-27(39)43-4/h7-8,13-14,17,21-22H,5-6,9-12,15-16H2,1-4H3,(H,31,36)(H,32,41)(H,33,37)(H,34,42). The zero-order valence-electron chi connectivity index (χ0n) is 25.3. The van der Waals surface area contributed by atoms with Crippen molar-refractivity contribution in [2.45, 2.75) is 65.0 Å². The summed E-state index contributed by atoms with van der Waals surface area (Å²) >= 11 is 0. The van der Waals surface area contributed by atoms with Crippen molar-refractivity contribution in [3.63, 3.8) is 0 Å². The minimum Gasteiger partial charge on any atom is -0.469 e. The normalized spacial score (nSPS) is 15.0. The Morgan fingerprint density at radius 1 is 1.02 bits per heavy atom. The molecular formula is C30H39N5O9. The average Bonchev–Trinajstić information content (AvgIpc) is 3.47. The molecule has 0 spiro atoms. The van der Waals surface area contributed by atoms with Gasteiger partial charge in [0.25, 0.3) is 0 Å². The van der Waals surface area contributed by atoms with E-state index in [0.29, 0.717) is 37.1 Å². The number of nitrogens with one attached hydrogen (secondary N) is 4. The van der Waals surface area contributed by atoms with Crippen molar-refractivity contribution < 1.29 is 37.9 Å². The van der Waals surface area contributed by atoms with Crippen molar-refractivity contribution in [3.05, 3.63) is 40.2 Å². The number of nitrogens with zero attached hydrogens (tertiary/aromatic N) is 1. The zero-order valence-corrected chi connectivity index (χ0v) is 25.3. The van der Waals surface area contributed by atoms with Gasteiger partial charge in [0.15, 0.2) is 0 Å². The van der Waals surface area contributed by atoms with Gasteiger partial charge in [-0.1, -0.05) is 13.8 Å². The first-order valence-corrected chi connectivity index (χ1v) is 14.4. The second-order valence-electron chi connectivity index (χ2n) is 11.0. The Labute approximate surface area is 254 Å². The van der Waals surface area contributed by atoms with Crippen LogP contribution in [-0.2, 0) is 33.5 Å². The Hall–Kier alpha value is -4.75. The number of benzene rings is 1. The number of esters is 1. The molecule has 1 aliphatic rings. The molecule has 2 heterocycles. The van der Waals surface area contributed by atoms with Crippen molar-refractivity contribution in [2.24, 2.45) is 5.92 Å². The van der Waals surface area contributed by atoms with Gasteiger partial charge >= 0.3 is 11.6 Å². The number of anilines is 1. The molecule has 1 aromatic carbocycles. The lowest BCUT2D eigenvalue weighted by Gasteiger charge is -2.27. The fraction of sp³-hybridized carbons (Fsp3) is 0.500. The molecule has 1 aromatic heterocycles. The van der Waals surface area contributed by atoms with Crippen molar-refractivity contribution in [3.8, 4) is 0 Å². The molecule has 238 valence electrons. The van der Waals surface area contributed by atoms with E-state index in [9.17, 15) is 33.6 Å². The van der Waals surface area contributed by atoms with E-state index < -0.39 is 53.2 Å². The summed E-state index contributed by atoms with van der Waals surface area (Å²) < 4.78 is 9.69. The van der Waals surface area contributed by atoms with E-state index in [2.05, 4.69) is 26.0 Å². The topological polar surface area (TPSA) is 193 Å². The van der Waals surface area contributed by atoms with Crippen LogP contribution in [0, 0.1) is 12.8 Å². The van der Waals surface area contributed by atoms with Gasteiger partial charge in [0.1, 0.15) is 17.7 Å². The average molecular weight is 614 g/mol. The van der Waals surface area contributed by atoms with Gasteiger partial charge in [-0.3, -0.25) is 28.8 Å². The predicted molar refractivity (Wildman–Crippen MR) is 159 cm³/mol. The number of rotatable bonds is 13. The summed E-state index contributed by atoms with van der Waals surface area (Å²) in [6.07, 6.45) is 0.999. The van der Waals surface area contributed by atoms with Gasteiger partial charge in [0.2, 0.25) is 29.5 Å². The van der Waals surface area contributed by atoms with E-state index in [1.807, 2.05) is 13.8 Å². The Kier molecular flexibility index (Phi) is 12.0. The molecule has 4 N–H and O–H groups in total. The first-order valence-electron chi connectivity index (χ1n) is 14.4. The first kappa shape index (κ1) is 33.7. The predicted octanol–water partition coefficient (Wildman–Crippen LogP) is 0.747. The Bertz CT molecular complexity index is 1470. The lowest BCUT2D eigenvalue weighted by molar-refractivity contribution is -0.142. The summed E-state index contributed by atoms with van der Waals surface area (Å²) in [5.74, 6) is -3.06. The zero-order chi connectivity index (χ0) is 32.4. The molecule has 2 unspecified atom stereocenters. The number of hydrogen-bond donors (Lipinski definition) is 4. The van der Waals surface area contributed by atoms with E-state index >= 15 is 0 Å². The van der Waals surface area contributed by atoms with Crippen LogP contribution < -0.4 is 26.9 Å². The molecule has 0 saturated carbocycles. The highest BCUT2D eigenvalue weighted by Crippen LogP contribution is 2.21. The van der Waals surface area contributed by atoms with Gasteiger partial charge in [-0.2, -0.15) is 0 Å². The molecule has 3 rings (SSSR count). The molecule has 1 aliphatic heterocycles. The molecule has 2 atom stereocenters. The largest absolute Gasteiger partial charge is 0.469 e. The summed E-state index contributed by atoms with van der Waals surface area (Å²) in [4.78, 5) is 87.8. The molecule has 5 amide bonds. The van der Waals surface area contributed by atoms with E-state index in [4.69, 9.17) is 4.42 Å². The molecule has 2 aromatic rings. The first-order chi connectivity index (χ1) is 20.9. The number of likely N-dealkylation sites (tertiary alicyclic amines) is 1. The summed E-state index contributed by atoms with van der Waals surface area (Å²) in [6.45, 7) is 5.15. The highest BCUT2D eigenvalue weighted by Gasteiger charge is 2.36. The SMILES string of the molecule is COC(=O)CCC(=O)NCC(=O)N1CCCC1C(=O)NC(CC(C)C)C(=O)NCC(=O)Nc1ccc2c(C)cc(=O)oc2c1. The van der Waals surface area contributed by atoms with Crippen LogP contribution >= 0.6 is 0 Å². The third-order valence-corrected chi connectivity index (χ3v) is 7.09. The van der Waals surface area contributed by atoms with Crippen LogP contribution in [0.4, 0.5) is 5.69 Å². The fourth-order valence-corrected chi connectivity index (χ4v) is 4.89. The monoisotopic (exact) mass is 613 g/mol. The number of carbonyl (C=O) groups excluding carboxylic acids is 6.